The molecule has 4 rings (SSSR count). The van der Waals surface area contributed by atoms with Gasteiger partial charge in [-0.1, -0.05) is 0 Å². The summed E-state index contributed by atoms with van der Waals surface area (Å²) in [6.45, 7) is 4.14. The molecule has 0 unspecified atom stereocenters. The van der Waals surface area contributed by atoms with Crippen LogP contribution in [-0.2, 0) is 0 Å². The second-order valence-corrected chi connectivity index (χ2v) is 7.15. The highest BCUT2D eigenvalue weighted by Gasteiger charge is 2.33. The average Bonchev–Trinajstić information content (AvgIpc) is 3.11. The number of anilines is 2. The zero-order chi connectivity index (χ0) is 18.6. The molecule has 0 saturated carbocycles. The number of hydrogen-bond acceptors (Lipinski definition) is 7. The summed E-state index contributed by atoms with van der Waals surface area (Å²) in [6.07, 6.45) is 8.94. The van der Waals surface area contributed by atoms with Crippen molar-refractivity contribution in [2.75, 3.05) is 23.8 Å². The predicted molar refractivity (Wildman–Crippen MR) is 109 cm³/mol. The Morgan fingerprint density at radius 3 is 2.62 bits per heavy atom. The summed E-state index contributed by atoms with van der Waals surface area (Å²) in [7, 11) is 0. The Hall–Kier alpha value is -2.29. The summed E-state index contributed by atoms with van der Waals surface area (Å²) in [5, 5.41) is 6.17. The molecular formula is C18H25N7S. The van der Waals surface area contributed by atoms with Gasteiger partial charge in [0.05, 0.1) is 23.1 Å². The number of nitrogens with one attached hydrogen (secondary N) is 2. The number of nitrogens with two attached hydrogens (primary N) is 2. The molecule has 0 bridgehead atoms. The molecule has 1 aliphatic rings. The SMILES string of the molecule is CC1(N(N)c2c(N)cnc3[nH]ccc23)CCNCC1.Sc1cccnc1. The average molecular weight is 372 g/mol. The van der Waals surface area contributed by atoms with Gasteiger partial charge in [-0.3, -0.25) is 4.98 Å². The van der Waals surface area contributed by atoms with Crippen molar-refractivity contribution in [2.45, 2.75) is 30.2 Å². The Morgan fingerprint density at radius 1 is 1.23 bits per heavy atom. The number of hydrazine groups is 1. The molecule has 0 aliphatic carbocycles. The second kappa shape index (κ2) is 7.94. The number of rotatable bonds is 2. The number of pyridine rings is 2. The molecular weight excluding hydrogens is 346 g/mol. The van der Waals surface area contributed by atoms with Gasteiger partial charge in [0.25, 0.3) is 0 Å². The smallest absolute Gasteiger partial charge is 0.139 e. The van der Waals surface area contributed by atoms with Gasteiger partial charge in [-0.15, -0.1) is 12.6 Å². The number of fused-ring (bicyclic) bond motifs is 1. The van der Waals surface area contributed by atoms with E-state index in [0.29, 0.717) is 5.69 Å². The monoisotopic (exact) mass is 371 g/mol. The van der Waals surface area contributed by atoms with Crippen molar-refractivity contribution in [3.05, 3.63) is 43.0 Å². The van der Waals surface area contributed by atoms with Gasteiger partial charge >= 0.3 is 0 Å². The number of hydrogen-bond donors (Lipinski definition) is 5. The van der Waals surface area contributed by atoms with E-state index >= 15 is 0 Å². The maximum atomic E-state index is 6.41. The highest BCUT2D eigenvalue weighted by molar-refractivity contribution is 7.80. The van der Waals surface area contributed by atoms with E-state index in [9.17, 15) is 0 Å². The van der Waals surface area contributed by atoms with Gasteiger partial charge in [-0.05, 0) is 51.1 Å². The zero-order valence-electron chi connectivity index (χ0n) is 14.8. The molecule has 0 spiro atoms. The van der Waals surface area contributed by atoms with Gasteiger partial charge in [0.15, 0.2) is 0 Å². The number of aromatic amines is 1. The molecule has 8 heteroatoms. The van der Waals surface area contributed by atoms with Gasteiger partial charge < -0.3 is 21.0 Å². The van der Waals surface area contributed by atoms with E-state index in [2.05, 4.69) is 39.8 Å². The van der Waals surface area contributed by atoms with Crippen molar-refractivity contribution in [1.29, 1.82) is 0 Å². The first-order chi connectivity index (χ1) is 12.5. The molecule has 0 atom stereocenters. The van der Waals surface area contributed by atoms with Crippen LogP contribution >= 0.6 is 12.6 Å². The lowest BCUT2D eigenvalue weighted by molar-refractivity contribution is 0.314. The fourth-order valence-electron chi connectivity index (χ4n) is 3.11. The van der Waals surface area contributed by atoms with E-state index in [-0.39, 0.29) is 5.54 Å². The van der Waals surface area contributed by atoms with Crippen molar-refractivity contribution >= 4 is 35.0 Å². The molecule has 4 heterocycles. The van der Waals surface area contributed by atoms with Gasteiger partial charge in [0, 0.05) is 28.9 Å². The Kier molecular flexibility index (Phi) is 5.65. The first kappa shape index (κ1) is 18.5. The molecule has 3 aromatic rings. The van der Waals surface area contributed by atoms with E-state index in [1.165, 1.54) is 0 Å². The molecule has 26 heavy (non-hydrogen) atoms. The van der Waals surface area contributed by atoms with E-state index in [1.807, 2.05) is 29.4 Å². The lowest BCUT2D eigenvalue weighted by atomic mass is 9.89. The summed E-state index contributed by atoms with van der Waals surface area (Å²) < 4.78 is 0. The third kappa shape index (κ3) is 3.92. The summed E-state index contributed by atoms with van der Waals surface area (Å²) in [5.74, 6) is 6.41. The quantitative estimate of drug-likeness (QED) is 0.269. The van der Waals surface area contributed by atoms with Gasteiger partial charge in [0.1, 0.15) is 5.65 Å². The van der Waals surface area contributed by atoms with Crippen LogP contribution in [0.1, 0.15) is 19.8 Å². The van der Waals surface area contributed by atoms with E-state index in [4.69, 9.17) is 11.6 Å². The molecule has 1 fully saturated rings. The Morgan fingerprint density at radius 2 is 2.00 bits per heavy atom. The highest BCUT2D eigenvalue weighted by Crippen LogP contribution is 2.36. The Balaban J connectivity index is 0.000000236. The van der Waals surface area contributed by atoms with Crippen LogP contribution in [0.25, 0.3) is 11.0 Å². The lowest BCUT2D eigenvalue weighted by Crippen LogP contribution is -2.56. The van der Waals surface area contributed by atoms with Crippen molar-refractivity contribution in [1.82, 2.24) is 20.3 Å². The van der Waals surface area contributed by atoms with Crippen molar-refractivity contribution in [3.8, 4) is 0 Å². The van der Waals surface area contributed by atoms with Crippen molar-refractivity contribution in [2.24, 2.45) is 5.84 Å². The third-order valence-corrected chi connectivity index (χ3v) is 5.00. The first-order valence-corrected chi connectivity index (χ1v) is 9.02. The minimum absolute atomic E-state index is 0.0784. The Labute approximate surface area is 158 Å². The van der Waals surface area contributed by atoms with Gasteiger partial charge in [-0.25, -0.2) is 10.8 Å². The fraction of sp³-hybridized carbons (Fsp3) is 0.333. The van der Waals surface area contributed by atoms with Crippen LogP contribution < -0.4 is 21.9 Å². The summed E-state index contributed by atoms with van der Waals surface area (Å²) >= 11 is 4.02. The maximum absolute atomic E-state index is 6.41. The van der Waals surface area contributed by atoms with Crippen LogP contribution in [0, 0.1) is 0 Å². The van der Waals surface area contributed by atoms with E-state index < -0.39 is 0 Å². The predicted octanol–water partition coefficient (Wildman–Crippen LogP) is 2.34. The summed E-state index contributed by atoms with van der Waals surface area (Å²) in [4.78, 5) is 12.1. The number of piperidine rings is 1. The summed E-state index contributed by atoms with van der Waals surface area (Å²) in [6, 6.07) is 5.71. The van der Waals surface area contributed by atoms with Crippen LogP contribution in [0.3, 0.4) is 0 Å². The second-order valence-electron chi connectivity index (χ2n) is 6.63. The number of nitrogens with zero attached hydrogens (tertiary/aromatic N) is 3. The molecule has 3 aromatic heterocycles. The fourth-order valence-corrected chi connectivity index (χ4v) is 3.26. The van der Waals surface area contributed by atoms with Crippen LogP contribution in [0.15, 0.2) is 47.9 Å². The standard InChI is InChI=1S/C13H20N6.C5H5NS/c1-13(3-6-16-7-4-13)19(15)11-9-2-5-17-12(9)18-8-10(11)14;7-5-2-1-3-6-4-5/h2,5,8,16H,3-4,6-7,14-15H2,1H3,(H,17,18);1-4,7H. The van der Waals surface area contributed by atoms with Gasteiger partial charge in [-0.2, -0.15) is 0 Å². The number of nitrogen functional groups attached to an aromatic ring is 1. The third-order valence-electron chi connectivity index (χ3n) is 4.74. The Bertz CT molecular complexity index is 843. The van der Waals surface area contributed by atoms with Gasteiger partial charge in [0.2, 0.25) is 0 Å². The molecule has 1 aliphatic heterocycles. The zero-order valence-corrected chi connectivity index (χ0v) is 15.7. The molecule has 0 amide bonds. The largest absolute Gasteiger partial charge is 0.396 e. The normalized spacial score (nSPS) is 16.0. The van der Waals surface area contributed by atoms with Crippen LogP contribution in [0.2, 0.25) is 0 Å². The lowest BCUT2D eigenvalue weighted by Gasteiger charge is -2.43. The van der Waals surface area contributed by atoms with Crippen LogP contribution in [-0.4, -0.2) is 33.6 Å². The number of H-pyrrole nitrogens is 1. The number of aromatic nitrogens is 3. The minimum atomic E-state index is -0.0784. The molecule has 7 nitrogen and oxygen atoms in total. The number of thiol groups is 1. The highest BCUT2D eigenvalue weighted by atomic mass is 32.1. The first-order valence-electron chi connectivity index (χ1n) is 8.57. The van der Waals surface area contributed by atoms with Crippen molar-refractivity contribution in [3.63, 3.8) is 0 Å². The van der Waals surface area contributed by atoms with Crippen LogP contribution in [0.4, 0.5) is 11.4 Å². The topological polar surface area (TPSA) is 109 Å². The maximum Gasteiger partial charge on any atom is 0.139 e. The molecule has 138 valence electrons. The molecule has 0 aromatic carbocycles. The molecule has 1 saturated heterocycles. The minimum Gasteiger partial charge on any atom is -0.396 e. The molecule has 6 N–H and O–H groups in total. The summed E-state index contributed by atoms with van der Waals surface area (Å²) in [5.41, 5.74) is 8.33. The van der Waals surface area contributed by atoms with E-state index in [1.54, 1.807) is 18.6 Å². The van der Waals surface area contributed by atoms with Crippen molar-refractivity contribution < 1.29 is 0 Å². The van der Waals surface area contributed by atoms with Crippen LogP contribution in [0.5, 0.6) is 0 Å². The van der Waals surface area contributed by atoms with E-state index in [0.717, 1.165) is 47.5 Å². The molecule has 0 radical (unpaired) electrons.